The van der Waals surface area contributed by atoms with Gasteiger partial charge < -0.3 is 16.4 Å². The lowest BCUT2D eigenvalue weighted by Crippen LogP contribution is -2.47. The van der Waals surface area contributed by atoms with Crippen LogP contribution in [-0.2, 0) is 14.8 Å². The Morgan fingerprint density at radius 1 is 1.11 bits per heavy atom. The second-order valence-corrected chi connectivity index (χ2v) is 12.4. The fourth-order valence-electron chi connectivity index (χ4n) is 3.85. The summed E-state index contributed by atoms with van der Waals surface area (Å²) in [6, 6.07) is 13.5. The van der Waals surface area contributed by atoms with E-state index in [9.17, 15) is 18.0 Å². The fraction of sp³-hybridized carbons (Fsp3) is 0.385. The van der Waals surface area contributed by atoms with Gasteiger partial charge in [-0.3, -0.25) is 9.59 Å². The van der Waals surface area contributed by atoms with Crippen molar-refractivity contribution >= 4 is 48.9 Å². The Hall–Kier alpha value is -2.95. The highest BCUT2D eigenvalue weighted by atomic mass is 32.2. The first-order chi connectivity index (χ1) is 17.0. The van der Waals surface area contributed by atoms with E-state index in [2.05, 4.69) is 10.6 Å². The number of nitrogens with zero attached hydrogens (tertiary/aromatic N) is 1. The van der Waals surface area contributed by atoms with Gasteiger partial charge in [0.25, 0.3) is 5.91 Å². The number of hydrogen-bond acceptors (Lipinski definition) is 6. The van der Waals surface area contributed by atoms with Crippen LogP contribution in [-0.4, -0.2) is 50.7 Å². The Balaban J connectivity index is 1.57. The van der Waals surface area contributed by atoms with Gasteiger partial charge in [-0.15, -0.1) is 11.3 Å². The fourth-order valence-corrected chi connectivity index (χ4v) is 6.11. The Labute approximate surface area is 216 Å². The normalized spacial score (nSPS) is 12.7. The standard InChI is InChI=1S/C26H34N4O4S2/c1-17(2)14-21(29-26(32)23-16-19-15-18(3)10-11-22(19)35-23)25(31)28-12-7-13-30(4)36(33,34)24-9-6-5-8-20(24)27/h5-6,8-11,15-17,21H,7,12-14,27H2,1-4H3,(H,28,31)(H,29,32)/t21-/m0/s1. The molecule has 10 heteroatoms. The van der Waals surface area contributed by atoms with Gasteiger partial charge in [0.15, 0.2) is 0 Å². The van der Waals surface area contributed by atoms with E-state index >= 15 is 0 Å². The maximum absolute atomic E-state index is 12.9. The maximum atomic E-state index is 12.9. The lowest BCUT2D eigenvalue weighted by atomic mass is 10.0. The highest BCUT2D eigenvalue weighted by Gasteiger charge is 2.25. The molecule has 0 aliphatic rings. The summed E-state index contributed by atoms with van der Waals surface area (Å²) in [7, 11) is -2.24. The molecule has 0 saturated carbocycles. The van der Waals surface area contributed by atoms with Crippen LogP contribution in [0.3, 0.4) is 0 Å². The van der Waals surface area contributed by atoms with Crippen LogP contribution in [0.4, 0.5) is 5.69 Å². The first kappa shape index (κ1) is 27.6. The van der Waals surface area contributed by atoms with Crippen molar-refractivity contribution in [3.05, 3.63) is 59.0 Å². The number of thiophene rings is 1. The number of benzene rings is 2. The summed E-state index contributed by atoms with van der Waals surface area (Å²) in [5.41, 5.74) is 7.14. The van der Waals surface area contributed by atoms with Crippen molar-refractivity contribution in [1.29, 1.82) is 0 Å². The molecule has 3 aromatic rings. The van der Waals surface area contributed by atoms with Crippen LogP contribution in [0.15, 0.2) is 53.4 Å². The third-order valence-electron chi connectivity index (χ3n) is 5.78. The third kappa shape index (κ3) is 6.83. The quantitative estimate of drug-likeness (QED) is 0.257. The molecule has 4 N–H and O–H groups in total. The van der Waals surface area contributed by atoms with Crippen LogP contribution in [0.5, 0.6) is 0 Å². The molecule has 1 aromatic heterocycles. The average molecular weight is 531 g/mol. The molecule has 3 rings (SSSR count). The van der Waals surface area contributed by atoms with Crippen LogP contribution in [0.1, 0.15) is 41.9 Å². The number of hydrogen-bond donors (Lipinski definition) is 3. The maximum Gasteiger partial charge on any atom is 0.262 e. The predicted octanol–water partition coefficient (Wildman–Crippen LogP) is 3.76. The number of nitrogen functional groups attached to an aromatic ring is 1. The monoisotopic (exact) mass is 530 g/mol. The smallest absolute Gasteiger partial charge is 0.262 e. The molecule has 0 aliphatic heterocycles. The van der Waals surface area contributed by atoms with Crippen LogP contribution in [0.2, 0.25) is 0 Å². The number of carbonyl (C=O) groups is 2. The molecule has 1 atom stereocenters. The number of aryl methyl sites for hydroxylation is 1. The molecule has 0 aliphatic carbocycles. The molecule has 1 heterocycles. The molecule has 36 heavy (non-hydrogen) atoms. The molecule has 0 radical (unpaired) electrons. The minimum Gasteiger partial charge on any atom is -0.398 e. The van der Waals surface area contributed by atoms with Crippen molar-refractivity contribution in [2.45, 2.75) is 44.6 Å². The number of para-hydroxylation sites is 1. The van der Waals surface area contributed by atoms with Gasteiger partial charge >= 0.3 is 0 Å². The van der Waals surface area contributed by atoms with E-state index in [-0.39, 0.29) is 41.4 Å². The minimum absolute atomic E-state index is 0.0626. The highest BCUT2D eigenvalue weighted by molar-refractivity contribution is 7.89. The zero-order chi connectivity index (χ0) is 26.5. The van der Waals surface area contributed by atoms with Crippen LogP contribution in [0.25, 0.3) is 10.1 Å². The number of rotatable bonds is 11. The Bertz CT molecular complexity index is 1330. The Morgan fingerprint density at radius 3 is 2.53 bits per heavy atom. The van der Waals surface area contributed by atoms with Crippen molar-refractivity contribution in [1.82, 2.24) is 14.9 Å². The second kappa shape index (κ2) is 11.9. The van der Waals surface area contributed by atoms with E-state index in [0.717, 1.165) is 15.6 Å². The second-order valence-electron chi connectivity index (χ2n) is 9.32. The van der Waals surface area contributed by atoms with Gasteiger partial charge in [-0.25, -0.2) is 12.7 Å². The summed E-state index contributed by atoms with van der Waals surface area (Å²) in [6.07, 6.45) is 0.898. The lowest BCUT2D eigenvalue weighted by molar-refractivity contribution is -0.123. The van der Waals surface area contributed by atoms with Gasteiger partial charge in [0.2, 0.25) is 15.9 Å². The SMILES string of the molecule is Cc1ccc2sc(C(=O)N[C@@H](CC(C)C)C(=O)NCCCN(C)S(=O)(=O)c3ccccc3N)cc2c1. The van der Waals surface area contributed by atoms with Crippen LogP contribution in [0, 0.1) is 12.8 Å². The molecule has 194 valence electrons. The molecule has 8 nitrogen and oxygen atoms in total. The Morgan fingerprint density at radius 2 is 1.83 bits per heavy atom. The number of nitrogens with two attached hydrogens (primary N) is 1. The molecular formula is C26H34N4O4S2. The van der Waals surface area contributed by atoms with Gasteiger partial charge in [-0.05, 0) is 55.3 Å². The first-order valence-electron chi connectivity index (χ1n) is 11.9. The molecule has 0 unspecified atom stereocenters. The first-order valence-corrected chi connectivity index (χ1v) is 14.1. The molecule has 0 bridgehead atoms. The summed E-state index contributed by atoms with van der Waals surface area (Å²) < 4.78 is 27.8. The largest absolute Gasteiger partial charge is 0.398 e. The number of sulfonamides is 1. The summed E-state index contributed by atoms with van der Waals surface area (Å²) in [4.78, 5) is 26.4. The Kier molecular flexibility index (Phi) is 9.10. The van der Waals surface area contributed by atoms with Crippen molar-refractivity contribution in [2.75, 3.05) is 25.9 Å². The van der Waals surface area contributed by atoms with Gasteiger partial charge in [0.05, 0.1) is 10.6 Å². The zero-order valence-corrected chi connectivity index (χ0v) is 22.7. The number of fused-ring (bicyclic) bond motifs is 1. The number of nitrogens with one attached hydrogen (secondary N) is 2. The number of amides is 2. The lowest BCUT2D eigenvalue weighted by Gasteiger charge is -2.21. The van der Waals surface area contributed by atoms with E-state index in [0.29, 0.717) is 17.7 Å². The molecule has 2 aromatic carbocycles. The van der Waals surface area contributed by atoms with Gasteiger partial charge in [0.1, 0.15) is 10.9 Å². The zero-order valence-electron chi connectivity index (χ0n) is 21.1. The van der Waals surface area contributed by atoms with Crippen molar-refractivity contribution in [2.24, 2.45) is 5.92 Å². The van der Waals surface area contributed by atoms with Crippen LogP contribution >= 0.6 is 11.3 Å². The van der Waals surface area contributed by atoms with Gasteiger partial charge in [-0.1, -0.05) is 43.7 Å². The number of anilines is 1. The van der Waals surface area contributed by atoms with E-state index in [1.165, 1.54) is 28.8 Å². The number of carbonyl (C=O) groups excluding carboxylic acids is 2. The van der Waals surface area contributed by atoms with E-state index in [1.54, 1.807) is 18.2 Å². The average Bonchev–Trinajstić information content (AvgIpc) is 3.24. The molecule has 0 fully saturated rings. The molecule has 0 spiro atoms. The van der Waals surface area contributed by atoms with Crippen molar-refractivity contribution in [3.8, 4) is 0 Å². The van der Waals surface area contributed by atoms with Crippen molar-refractivity contribution < 1.29 is 18.0 Å². The van der Waals surface area contributed by atoms with E-state index < -0.39 is 16.1 Å². The third-order valence-corrected chi connectivity index (χ3v) is 8.83. The van der Waals surface area contributed by atoms with Crippen molar-refractivity contribution in [3.63, 3.8) is 0 Å². The summed E-state index contributed by atoms with van der Waals surface area (Å²) in [6.45, 7) is 6.46. The molecule has 0 saturated heterocycles. The molecular weight excluding hydrogens is 496 g/mol. The van der Waals surface area contributed by atoms with Crippen LogP contribution < -0.4 is 16.4 Å². The predicted molar refractivity (Wildman–Crippen MR) is 146 cm³/mol. The summed E-state index contributed by atoms with van der Waals surface area (Å²) in [5.74, 6) is -0.369. The van der Waals surface area contributed by atoms with E-state index in [4.69, 9.17) is 5.73 Å². The van der Waals surface area contributed by atoms with Gasteiger partial charge in [0, 0.05) is 24.8 Å². The van der Waals surface area contributed by atoms with Gasteiger partial charge in [-0.2, -0.15) is 0 Å². The van der Waals surface area contributed by atoms with E-state index in [1.807, 2.05) is 45.0 Å². The topological polar surface area (TPSA) is 122 Å². The highest BCUT2D eigenvalue weighted by Crippen LogP contribution is 2.26. The summed E-state index contributed by atoms with van der Waals surface area (Å²) in [5, 5.41) is 6.73. The minimum atomic E-state index is -3.72. The summed E-state index contributed by atoms with van der Waals surface area (Å²) >= 11 is 1.40. The molecule has 2 amide bonds.